The number of carbonyl (C=O) groups excluding carboxylic acids is 1. The van der Waals surface area contributed by atoms with Crippen LogP contribution in [0.4, 0.5) is 11.4 Å². The normalized spacial score (nSPS) is 10.7. The van der Waals surface area contributed by atoms with E-state index in [2.05, 4.69) is 5.32 Å². The van der Waals surface area contributed by atoms with Gasteiger partial charge in [-0.3, -0.25) is 14.9 Å². The van der Waals surface area contributed by atoms with Crippen LogP contribution in [-0.2, 0) is 0 Å². The molecule has 0 unspecified atom stereocenters. The van der Waals surface area contributed by atoms with Gasteiger partial charge in [-0.05, 0) is 61.4 Å². The molecule has 3 aromatic carbocycles. The van der Waals surface area contributed by atoms with E-state index in [4.69, 9.17) is 9.72 Å². The van der Waals surface area contributed by atoms with Crippen LogP contribution in [0.15, 0.2) is 66.7 Å². The van der Waals surface area contributed by atoms with Crippen molar-refractivity contribution in [2.75, 3.05) is 12.4 Å². The molecule has 0 saturated heterocycles. The largest absolute Gasteiger partial charge is 0.497 e. The summed E-state index contributed by atoms with van der Waals surface area (Å²) in [6, 6.07) is 19.4. The second-order valence-electron chi connectivity index (χ2n) is 7.42. The van der Waals surface area contributed by atoms with E-state index in [1.165, 1.54) is 12.1 Å². The van der Waals surface area contributed by atoms with Gasteiger partial charge >= 0.3 is 0 Å². The van der Waals surface area contributed by atoms with Crippen LogP contribution >= 0.6 is 0 Å². The number of non-ortho nitro benzene ring substituents is 1. The summed E-state index contributed by atoms with van der Waals surface area (Å²) in [6.07, 6.45) is 0. The molecule has 0 bridgehead atoms. The number of fused-ring (bicyclic) bond motifs is 1. The van der Waals surface area contributed by atoms with E-state index in [1.54, 1.807) is 20.1 Å². The molecule has 32 heavy (non-hydrogen) atoms. The van der Waals surface area contributed by atoms with Crippen LogP contribution in [-0.4, -0.2) is 22.9 Å². The molecule has 7 nitrogen and oxygen atoms in total. The lowest BCUT2D eigenvalue weighted by Gasteiger charge is -2.16. The highest BCUT2D eigenvalue weighted by molar-refractivity contribution is 6.14. The van der Waals surface area contributed by atoms with E-state index in [9.17, 15) is 14.9 Å². The molecule has 7 heteroatoms. The number of nitrogens with zero attached hydrogens (tertiary/aromatic N) is 2. The summed E-state index contributed by atoms with van der Waals surface area (Å²) >= 11 is 0. The Kier molecular flexibility index (Phi) is 5.55. The minimum Gasteiger partial charge on any atom is -0.497 e. The lowest BCUT2D eigenvalue weighted by Crippen LogP contribution is -2.16. The summed E-state index contributed by atoms with van der Waals surface area (Å²) in [5, 5.41) is 14.7. The van der Waals surface area contributed by atoms with Gasteiger partial charge in [0.1, 0.15) is 5.75 Å². The molecule has 0 aliphatic carbocycles. The van der Waals surface area contributed by atoms with Gasteiger partial charge in [0, 0.05) is 28.8 Å². The van der Waals surface area contributed by atoms with Crippen molar-refractivity contribution in [3.8, 4) is 17.0 Å². The highest BCUT2D eigenvalue weighted by atomic mass is 16.6. The fourth-order valence-electron chi connectivity index (χ4n) is 3.72. The number of methoxy groups -OCH3 is 1. The Labute approximate surface area is 184 Å². The number of rotatable bonds is 5. The molecule has 0 fully saturated rings. The number of amides is 1. The topological polar surface area (TPSA) is 94.4 Å². The average molecular weight is 427 g/mol. The summed E-state index contributed by atoms with van der Waals surface area (Å²) in [6.45, 7) is 3.60. The quantitative estimate of drug-likeness (QED) is 0.326. The van der Waals surface area contributed by atoms with Crippen molar-refractivity contribution in [3.05, 3.63) is 93.5 Å². The summed E-state index contributed by atoms with van der Waals surface area (Å²) < 4.78 is 5.24. The Morgan fingerprint density at radius 1 is 1.03 bits per heavy atom. The van der Waals surface area contributed by atoms with Gasteiger partial charge in [0.25, 0.3) is 11.6 Å². The van der Waals surface area contributed by atoms with Gasteiger partial charge in [-0.1, -0.05) is 18.2 Å². The van der Waals surface area contributed by atoms with Crippen LogP contribution in [0.25, 0.3) is 22.2 Å². The molecule has 0 radical (unpaired) electrons. The molecular weight excluding hydrogens is 406 g/mol. The number of nitro benzene ring substituents is 1. The summed E-state index contributed by atoms with van der Waals surface area (Å²) in [7, 11) is 1.61. The van der Waals surface area contributed by atoms with Gasteiger partial charge < -0.3 is 10.1 Å². The summed E-state index contributed by atoms with van der Waals surface area (Å²) in [4.78, 5) is 28.8. The van der Waals surface area contributed by atoms with Crippen molar-refractivity contribution in [1.29, 1.82) is 0 Å². The first-order valence-corrected chi connectivity index (χ1v) is 9.99. The van der Waals surface area contributed by atoms with Crippen molar-refractivity contribution in [2.45, 2.75) is 13.8 Å². The van der Waals surface area contributed by atoms with Gasteiger partial charge in [-0.25, -0.2) is 4.98 Å². The lowest BCUT2D eigenvalue weighted by molar-refractivity contribution is -0.384. The van der Waals surface area contributed by atoms with Crippen molar-refractivity contribution in [3.63, 3.8) is 0 Å². The SMILES string of the molecule is COc1ccc(-c2nc3ccccc3c(C(=O)Nc3ccc([N+](=O)[O-])cc3C)c2C)cc1. The van der Waals surface area contributed by atoms with Crippen LogP contribution in [0.1, 0.15) is 21.5 Å². The highest BCUT2D eigenvalue weighted by Gasteiger charge is 2.20. The third-order valence-electron chi connectivity index (χ3n) is 5.40. The Morgan fingerprint density at radius 3 is 2.41 bits per heavy atom. The zero-order valence-electron chi connectivity index (χ0n) is 17.9. The minimum atomic E-state index is -0.458. The predicted molar refractivity (Wildman–Crippen MR) is 124 cm³/mol. The molecule has 0 aliphatic rings. The van der Waals surface area contributed by atoms with E-state index >= 15 is 0 Å². The number of aryl methyl sites for hydroxylation is 1. The van der Waals surface area contributed by atoms with Gasteiger partial charge in [-0.15, -0.1) is 0 Å². The first kappa shape index (κ1) is 21.0. The maximum absolute atomic E-state index is 13.4. The maximum Gasteiger partial charge on any atom is 0.269 e. The molecule has 0 aliphatic heterocycles. The molecule has 160 valence electrons. The van der Waals surface area contributed by atoms with Gasteiger partial charge in [0.05, 0.1) is 28.8 Å². The number of hydrogen-bond acceptors (Lipinski definition) is 5. The monoisotopic (exact) mass is 427 g/mol. The molecule has 1 N–H and O–H groups in total. The predicted octanol–water partition coefficient (Wildman–Crippen LogP) is 5.69. The molecule has 0 spiro atoms. The zero-order valence-corrected chi connectivity index (χ0v) is 17.9. The highest BCUT2D eigenvalue weighted by Crippen LogP contribution is 2.31. The third-order valence-corrected chi connectivity index (χ3v) is 5.40. The second kappa shape index (κ2) is 8.47. The summed E-state index contributed by atoms with van der Waals surface area (Å²) in [5.74, 6) is 0.437. The Morgan fingerprint density at radius 2 is 1.75 bits per heavy atom. The fraction of sp³-hybridized carbons (Fsp3) is 0.120. The number of nitro groups is 1. The standard InChI is InChI=1S/C25H21N3O4/c1-15-14-18(28(30)31)10-13-21(15)27-25(29)23-16(2)24(17-8-11-19(32-3)12-9-17)26-22-7-5-4-6-20(22)23/h4-14H,1-3H3,(H,27,29). The van der Waals surface area contributed by atoms with Crippen molar-refractivity contribution >= 4 is 28.2 Å². The van der Waals surface area contributed by atoms with Crippen LogP contribution in [0, 0.1) is 24.0 Å². The smallest absolute Gasteiger partial charge is 0.269 e. The second-order valence-corrected chi connectivity index (χ2v) is 7.42. The van der Waals surface area contributed by atoms with Gasteiger partial charge in [0.2, 0.25) is 0 Å². The van der Waals surface area contributed by atoms with E-state index in [-0.39, 0.29) is 11.6 Å². The molecule has 0 atom stereocenters. The number of benzene rings is 3. The van der Waals surface area contributed by atoms with Crippen LogP contribution in [0.2, 0.25) is 0 Å². The lowest BCUT2D eigenvalue weighted by atomic mass is 9.97. The Hall–Kier alpha value is -4.26. The molecular formula is C25H21N3O4. The van der Waals surface area contributed by atoms with Crippen LogP contribution in [0.3, 0.4) is 0 Å². The number of anilines is 1. The number of carbonyl (C=O) groups is 1. The zero-order chi connectivity index (χ0) is 22.8. The fourth-order valence-corrected chi connectivity index (χ4v) is 3.72. The number of aromatic nitrogens is 1. The van der Waals surface area contributed by atoms with Crippen molar-refractivity contribution in [1.82, 2.24) is 4.98 Å². The van der Waals surface area contributed by atoms with E-state index < -0.39 is 4.92 Å². The third kappa shape index (κ3) is 3.88. The Balaban J connectivity index is 1.81. The van der Waals surface area contributed by atoms with E-state index in [0.29, 0.717) is 28.0 Å². The van der Waals surface area contributed by atoms with Crippen molar-refractivity contribution in [2.24, 2.45) is 0 Å². The van der Waals surface area contributed by atoms with Gasteiger partial charge in [0.15, 0.2) is 0 Å². The van der Waals surface area contributed by atoms with Crippen LogP contribution in [0.5, 0.6) is 5.75 Å². The average Bonchev–Trinajstić information content (AvgIpc) is 2.79. The molecule has 4 rings (SSSR count). The van der Waals surface area contributed by atoms with Crippen molar-refractivity contribution < 1.29 is 14.5 Å². The minimum absolute atomic E-state index is 0.0205. The first-order chi connectivity index (χ1) is 15.4. The molecule has 1 amide bonds. The number of ether oxygens (including phenoxy) is 1. The molecule has 0 saturated carbocycles. The number of hydrogen-bond donors (Lipinski definition) is 1. The Bertz CT molecular complexity index is 1350. The summed E-state index contributed by atoms with van der Waals surface area (Å²) in [5.41, 5.74) is 4.64. The van der Waals surface area contributed by atoms with Crippen LogP contribution < -0.4 is 10.1 Å². The van der Waals surface area contributed by atoms with Gasteiger partial charge in [-0.2, -0.15) is 0 Å². The number of para-hydroxylation sites is 1. The van der Waals surface area contributed by atoms with E-state index in [0.717, 1.165) is 22.3 Å². The number of nitrogens with one attached hydrogen (secondary N) is 1. The van der Waals surface area contributed by atoms with E-state index in [1.807, 2.05) is 55.5 Å². The molecule has 1 aromatic heterocycles. The maximum atomic E-state index is 13.4. The molecule has 1 heterocycles. The number of pyridine rings is 1. The first-order valence-electron chi connectivity index (χ1n) is 9.99. The molecule has 4 aromatic rings.